The van der Waals surface area contributed by atoms with Gasteiger partial charge in [0.1, 0.15) is 0 Å². The molecule has 0 spiro atoms. The van der Waals surface area contributed by atoms with Crippen LogP contribution in [-0.4, -0.2) is 11.0 Å². The lowest BCUT2D eigenvalue weighted by atomic mass is 9.99. The molecule has 8 aromatic carbocycles. The van der Waals surface area contributed by atoms with Crippen molar-refractivity contribution in [3.05, 3.63) is 230 Å². The van der Waals surface area contributed by atoms with Crippen molar-refractivity contribution in [1.29, 1.82) is 0 Å². The van der Waals surface area contributed by atoms with E-state index in [9.17, 15) is 0 Å². The molecule has 8 aromatic rings. The molecule has 3 heteroatoms. The van der Waals surface area contributed by atoms with E-state index in [0.717, 1.165) is 19.4 Å². The Kier molecular flexibility index (Phi) is 12.4. The minimum atomic E-state index is -1.04. The lowest BCUT2D eigenvalue weighted by Gasteiger charge is -2.43. The van der Waals surface area contributed by atoms with Gasteiger partial charge in [0.15, 0.2) is 0 Å². The van der Waals surface area contributed by atoms with Gasteiger partial charge in [0.25, 0.3) is 0 Å². The molecule has 1 aliphatic rings. The molecule has 0 aromatic heterocycles. The molecular formula is C56H51NP2. The largest absolute Gasteiger partial charge is 0.251 e. The van der Waals surface area contributed by atoms with Crippen molar-refractivity contribution < 1.29 is 0 Å². The molecule has 1 heterocycles. The number of hydrogen-bond donors (Lipinski definition) is 0. The molecule has 0 aliphatic carbocycles. The van der Waals surface area contributed by atoms with Gasteiger partial charge in [-0.15, -0.1) is 0 Å². The molecule has 290 valence electrons. The zero-order chi connectivity index (χ0) is 39.8. The second-order valence-electron chi connectivity index (χ2n) is 15.6. The molecule has 1 saturated heterocycles. The second kappa shape index (κ2) is 18.7. The fourth-order valence-electron chi connectivity index (χ4n) is 8.80. The summed E-state index contributed by atoms with van der Waals surface area (Å²) < 4.78 is 3.09. The molecule has 59 heavy (non-hydrogen) atoms. The van der Waals surface area contributed by atoms with Crippen LogP contribution in [0.1, 0.15) is 55.1 Å². The monoisotopic (exact) mass is 799 g/mol. The van der Waals surface area contributed by atoms with Crippen LogP contribution in [0.4, 0.5) is 0 Å². The maximum atomic E-state index is 3.09. The molecule has 0 radical (unpaired) electrons. The van der Waals surface area contributed by atoms with Crippen molar-refractivity contribution in [2.75, 3.05) is 6.54 Å². The zero-order valence-electron chi connectivity index (χ0n) is 33.8. The van der Waals surface area contributed by atoms with Crippen molar-refractivity contribution in [3.63, 3.8) is 0 Å². The average Bonchev–Trinajstić information content (AvgIpc) is 3.77. The molecular weight excluding hydrogens is 749 g/mol. The maximum Gasteiger partial charge on any atom is 0.0319 e. The minimum absolute atomic E-state index is 0.468. The third-order valence-corrected chi connectivity index (χ3v) is 18.1. The first-order valence-electron chi connectivity index (χ1n) is 21.2. The summed E-state index contributed by atoms with van der Waals surface area (Å²) in [5.74, 6) is 0. The highest BCUT2D eigenvalue weighted by Crippen LogP contribution is 2.76. The van der Waals surface area contributed by atoms with Gasteiger partial charge in [-0.2, -0.15) is 0 Å². The standard InChI is InChI=1S/C56H51NP2/c1-2-3-36-57(59-55(47-30-18-8-19-31-47)34-35-56(59)48-32-20-9-21-33-48)58(53-39-49(43-22-10-4-11-23-43)37-50(40-53)44-24-12-5-13-25-44)54-41-51(45-26-14-6-15-27-45)38-52(42-54)46-28-16-7-17-29-46/h4-33,37-42,55-56H,2-3,34-36H2,1H3/t55-,56-/m0/s1. The lowest BCUT2D eigenvalue weighted by molar-refractivity contribution is 0.632. The van der Waals surface area contributed by atoms with Crippen molar-refractivity contribution in [3.8, 4) is 44.5 Å². The molecule has 1 nitrogen and oxygen atoms in total. The molecule has 2 atom stereocenters. The van der Waals surface area contributed by atoms with Gasteiger partial charge in [-0.05, 0) is 130 Å². The van der Waals surface area contributed by atoms with Crippen LogP contribution in [0.3, 0.4) is 0 Å². The summed E-state index contributed by atoms with van der Waals surface area (Å²) in [6, 6.07) is 82.0. The molecule has 0 bridgehead atoms. The summed E-state index contributed by atoms with van der Waals surface area (Å²) in [4.78, 5) is 0. The Morgan fingerprint density at radius 3 is 1.02 bits per heavy atom. The van der Waals surface area contributed by atoms with E-state index in [1.165, 1.54) is 79.1 Å². The Morgan fingerprint density at radius 1 is 0.407 bits per heavy atom. The van der Waals surface area contributed by atoms with E-state index >= 15 is 0 Å². The average molecular weight is 800 g/mol. The Hall–Kier alpha value is -5.42. The van der Waals surface area contributed by atoms with Crippen molar-refractivity contribution in [2.45, 2.75) is 43.9 Å². The topological polar surface area (TPSA) is 3.24 Å². The molecule has 0 amide bonds. The molecule has 9 rings (SSSR count). The third-order valence-electron chi connectivity index (χ3n) is 11.7. The maximum absolute atomic E-state index is 3.09. The van der Waals surface area contributed by atoms with Gasteiger partial charge >= 0.3 is 0 Å². The van der Waals surface area contributed by atoms with Gasteiger partial charge in [0.05, 0.1) is 0 Å². The van der Waals surface area contributed by atoms with E-state index < -0.39 is 16.1 Å². The molecule has 1 aliphatic heterocycles. The van der Waals surface area contributed by atoms with Crippen LogP contribution in [0.25, 0.3) is 44.5 Å². The van der Waals surface area contributed by atoms with Gasteiger partial charge < -0.3 is 0 Å². The first-order chi connectivity index (χ1) is 29.2. The SMILES string of the molecule is CCCCN(P(c1cc(-c2ccccc2)cc(-c2ccccc2)c1)c1cc(-c2ccccc2)cc(-c2ccccc2)c1)P1[C@H](c2ccccc2)CC[C@H]1c1ccccc1. The fraction of sp³-hybridized carbons (Fsp3) is 0.143. The Balaban J connectivity index is 1.34. The summed E-state index contributed by atoms with van der Waals surface area (Å²) in [5.41, 5.74) is 14.0. The minimum Gasteiger partial charge on any atom is -0.251 e. The number of unbranched alkanes of at least 4 members (excludes halogenated alkanes) is 1. The third kappa shape index (κ3) is 8.81. The van der Waals surface area contributed by atoms with Crippen LogP contribution in [0, 0.1) is 0 Å². The van der Waals surface area contributed by atoms with Gasteiger partial charge in [0, 0.05) is 25.9 Å². The summed E-state index contributed by atoms with van der Waals surface area (Å²) in [7, 11) is -1.71. The molecule has 0 unspecified atom stereocenters. The van der Waals surface area contributed by atoms with Crippen LogP contribution < -0.4 is 10.6 Å². The van der Waals surface area contributed by atoms with Crippen molar-refractivity contribution >= 4 is 26.8 Å². The van der Waals surface area contributed by atoms with Gasteiger partial charge in [-0.25, -0.2) is 0 Å². The number of hydrogen-bond acceptors (Lipinski definition) is 1. The summed E-state index contributed by atoms with van der Waals surface area (Å²) in [6.45, 7) is 3.41. The van der Waals surface area contributed by atoms with E-state index in [2.05, 4.69) is 230 Å². The van der Waals surface area contributed by atoms with Crippen molar-refractivity contribution in [2.24, 2.45) is 0 Å². The van der Waals surface area contributed by atoms with E-state index in [4.69, 9.17) is 0 Å². The zero-order valence-corrected chi connectivity index (χ0v) is 35.6. The number of nitrogens with zero attached hydrogens (tertiary/aromatic N) is 1. The molecule has 1 fully saturated rings. The smallest absolute Gasteiger partial charge is 0.0319 e. The fourth-order valence-corrected chi connectivity index (χ4v) is 16.4. The first-order valence-corrected chi connectivity index (χ1v) is 23.9. The summed E-state index contributed by atoms with van der Waals surface area (Å²) >= 11 is 0. The predicted molar refractivity (Wildman–Crippen MR) is 257 cm³/mol. The Labute approximate surface area is 354 Å². The summed E-state index contributed by atoms with van der Waals surface area (Å²) in [5, 5.41) is 2.82. The van der Waals surface area contributed by atoms with Gasteiger partial charge in [-0.1, -0.05) is 195 Å². The van der Waals surface area contributed by atoms with E-state index in [-0.39, 0.29) is 0 Å². The van der Waals surface area contributed by atoms with Crippen LogP contribution in [-0.2, 0) is 0 Å². The highest BCUT2D eigenvalue weighted by atomic mass is 31.2. The number of benzene rings is 8. The first kappa shape index (κ1) is 39.1. The van der Waals surface area contributed by atoms with Gasteiger partial charge in [-0.3, -0.25) is 4.44 Å². The number of rotatable bonds is 13. The van der Waals surface area contributed by atoms with Crippen molar-refractivity contribution in [1.82, 2.24) is 4.44 Å². The van der Waals surface area contributed by atoms with E-state index in [0.29, 0.717) is 11.3 Å². The van der Waals surface area contributed by atoms with E-state index in [1.807, 2.05) is 0 Å². The predicted octanol–water partition coefficient (Wildman–Crippen LogP) is 15.5. The van der Waals surface area contributed by atoms with Crippen LogP contribution in [0.15, 0.2) is 218 Å². The highest BCUT2D eigenvalue weighted by Gasteiger charge is 2.44. The second-order valence-corrected chi connectivity index (χ2v) is 20.5. The Morgan fingerprint density at radius 2 is 0.712 bits per heavy atom. The normalized spacial score (nSPS) is 15.5. The van der Waals surface area contributed by atoms with Crippen LogP contribution in [0.5, 0.6) is 0 Å². The Bertz CT molecular complexity index is 2260. The van der Waals surface area contributed by atoms with Crippen LogP contribution in [0.2, 0.25) is 0 Å². The quantitative estimate of drug-likeness (QED) is 0.105. The molecule has 0 N–H and O–H groups in total. The summed E-state index contributed by atoms with van der Waals surface area (Å²) in [6.07, 6.45) is 4.68. The highest BCUT2D eigenvalue weighted by molar-refractivity contribution is 7.79. The van der Waals surface area contributed by atoms with E-state index in [1.54, 1.807) is 0 Å². The van der Waals surface area contributed by atoms with Crippen LogP contribution >= 0.6 is 16.1 Å². The lowest BCUT2D eigenvalue weighted by Crippen LogP contribution is -2.28. The van der Waals surface area contributed by atoms with Gasteiger partial charge in [0.2, 0.25) is 0 Å². The molecule has 0 saturated carbocycles.